The quantitative estimate of drug-likeness (QED) is 0.208. The number of ether oxygens (including phenoxy) is 1. The number of benzene rings is 3. The topological polar surface area (TPSA) is 70.4 Å². The van der Waals surface area contributed by atoms with Gasteiger partial charge >= 0.3 is 0 Å². The van der Waals surface area contributed by atoms with Crippen LogP contribution >= 0.6 is 68.5 Å². The SMILES string of the molecule is N#Cc1ccccc1COc1c(I)cc(/C=C2/SC(=O)N(c3cccc(Cl)c3)C2=O)cc1I. The van der Waals surface area contributed by atoms with Crippen LogP contribution in [0.2, 0.25) is 5.02 Å². The number of halogens is 3. The molecule has 1 aliphatic heterocycles. The molecule has 0 unspecified atom stereocenters. The molecule has 1 saturated heterocycles. The molecule has 1 fully saturated rings. The van der Waals surface area contributed by atoms with E-state index in [-0.39, 0.29) is 17.8 Å². The number of amides is 2. The minimum atomic E-state index is -0.384. The van der Waals surface area contributed by atoms with Crippen LogP contribution in [-0.4, -0.2) is 11.1 Å². The molecule has 1 aliphatic rings. The number of carbonyl (C=O) groups is 2. The molecule has 0 aliphatic carbocycles. The van der Waals surface area contributed by atoms with Crippen molar-refractivity contribution >= 4 is 91.5 Å². The zero-order chi connectivity index (χ0) is 23.5. The maximum absolute atomic E-state index is 12.9. The van der Waals surface area contributed by atoms with Crippen LogP contribution in [0.4, 0.5) is 10.5 Å². The summed E-state index contributed by atoms with van der Waals surface area (Å²) in [5, 5.41) is 9.35. The van der Waals surface area contributed by atoms with Gasteiger partial charge in [0.1, 0.15) is 12.4 Å². The van der Waals surface area contributed by atoms with Gasteiger partial charge < -0.3 is 4.74 Å². The van der Waals surface area contributed by atoms with Crippen LogP contribution in [0.15, 0.2) is 65.6 Å². The lowest BCUT2D eigenvalue weighted by Gasteiger charge is -2.13. The maximum atomic E-state index is 12.9. The highest BCUT2D eigenvalue weighted by atomic mass is 127. The molecule has 0 N–H and O–H groups in total. The first-order valence-electron chi connectivity index (χ1n) is 9.50. The van der Waals surface area contributed by atoms with E-state index in [4.69, 9.17) is 16.3 Å². The Morgan fingerprint density at radius 2 is 1.79 bits per heavy atom. The van der Waals surface area contributed by atoms with E-state index in [1.807, 2.05) is 30.3 Å². The number of thioether (sulfide) groups is 1. The molecule has 9 heteroatoms. The van der Waals surface area contributed by atoms with E-state index < -0.39 is 0 Å². The number of carbonyl (C=O) groups excluding carboxylic acids is 2. The second-order valence-electron chi connectivity index (χ2n) is 6.87. The summed E-state index contributed by atoms with van der Waals surface area (Å²) in [6.45, 7) is 0.271. The zero-order valence-electron chi connectivity index (χ0n) is 16.7. The van der Waals surface area contributed by atoms with Crippen molar-refractivity contribution in [2.75, 3.05) is 4.90 Å². The average molecular weight is 699 g/mol. The first kappa shape index (κ1) is 24.1. The molecule has 164 valence electrons. The number of anilines is 1. The van der Waals surface area contributed by atoms with Gasteiger partial charge in [0.25, 0.3) is 11.1 Å². The average Bonchev–Trinajstić information content (AvgIpc) is 3.06. The summed E-state index contributed by atoms with van der Waals surface area (Å²) in [6, 6.07) is 19.9. The van der Waals surface area contributed by atoms with Gasteiger partial charge in [-0.3, -0.25) is 9.59 Å². The maximum Gasteiger partial charge on any atom is 0.298 e. The molecule has 0 saturated carbocycles. The Balaban J connectivity index is 1.56. The van der Waals surface area contributed by atoms with Crippen molar-refractivity contribution in [3.63, 3.8) is 0 Å². The van der Waals surface area contributed by atoms with E-state index in [1.165, 1.54) is 0 Å². The molecule has 0 aromatic heterocycles. The summed E-state index contributed by atoms with van der Waals surface area (Å²) in [5.74, 6) is 0.318. The number of nitriles is 1. The third-order valence-corrected chi connectivity index (χ3v) is 7.40. The molecule has 1 heterocycles. The van der Waals surface area contributed by atoms with Crippen LogP contribution in [0, 0.1) is 18.5 Å². The van der Waals surface area contributed by atoms with Crippen LogP contribution in [0.25, 0.3) is 6.08 Å². The summed E-state index contributed by atoms with van der Waals surface area (Å²) in [7, 11) is 0. The summed E-state index contributed by atoms with van der Waals surface area (Å²) < 4.78 is 7.72. The van der Waals surface area contributed by atoms with Gasteiger partial charge in [0.05, 0.1) is 29.4 Å². The Kier molecular flexibility index (Phi) is 7.63. The first-order chi connectivity index (χ1) is 15.9. The fourth-order valence-electron chi connectivity index (χ4n) is 3.16. The molecule has 0 spiro atoms. The van der Waals surface area contributed by atoms with E-state index >= 15 is 0 Å². The highest BCUT2D eigenvalue weighted by Gasteiger charge is 2.36. The Labute approximate surface area is 227 Å². The third kappa shape index (κ3) is 5.37. The van der Waals surface area contributed by atoms with E-state index in [0.717, 1.165) is 34.9 Å². The van der Waals surface area contributed by atoms with Crippen molar-refractivity contribution in [2.24, 2.45) is 0 Å². The lowest BCUT2D eigenvalue weighted by Crippen LogP contribution is -2.27. The van der Waals surface area contributed by atoms with Gasteiger partial charge in [0, 0.05) is 10.6 Å². The molecule has 5 nitrogen and oxygen atoms in total. The van der Waals surface area contributed by atoms with Crippen molar-refractivity contribution < 1.29 is 14.3 Å². The molecular weight excluding hydrogens is 686 g/mol. The molecule has 0 atom stereocenters. The Bertz CT molecular complexity index is 1330. The summed E-state index contributed by atoms with van der Waals surface area (Å²) in [4.78, 5) is 26.9. The first-order valence-corrected chi connectivity index (χ1v) is 12.9. The Hall–Kier alpha value is -2.07. The summed E-state index contributed by atoms with van der Waals surface area (Å²) in [5.41, 5.74) is 2.61. The van der Waals surface area contributed by atoms with E-state index in [9.17, 15) is 14.9 Å². The van der Waals surface area contributed by atoms with Crippen LogP contribution in [-0.2, 0) is 11.4 Å². The highest BCUT2D eigenvalue weighted by molar-refractivity contribution is 14.1. The van der Waals surface area contributed by atoms with Crippen molar-refractivity contribution in [2.45, 2.75) is 6.61 Å². The number of hydrogen-bond donors (Lipinski definition) is 0. The van der Waals surface area contributed by atoms with Crippen LogP contribution < -0.4 is 9.64 Å². The number of rotatable bonds is 5. The number of imide groups is 1. The molecule has 33 heavy (non-hydrogen) atoms. The van der Waals surface area contributed by atoms with Crippen molar-refractivity contribution in [3.05, 3.63) is 94.4 Å². The zero-order valence-corrected chi connectivity index (χ0v) is 22.6. The smallest absolute Gasteiger partial charge is 0.298 e. The molecule has 0 bridgehead atoms. The second-order valence-corrected chi connectivity index (χ2v) is 10.6. The Morgan fingerprint density at radius 3 is 2.48 bits per heavy atom. The summed E-state index contributed by atoms with van der Waals surface area (Å²) >= 11 is 11.3. The lowest BCUT2D eigenvalue weighted by molar-refractivity contribution is -0.113. The highest BCUT2D eigenvalue weighted by Crippen LogP contribution is 2.37. The summed E-state index contributed by atoms with van der Waals surface area (Å²) in [6.07, 6.45) is 1.70. The van der Waals surface area contributed by atoms with Crippen molar-refractivity contribution in [1.29, 1.82) is 5.26 Å². The molecule has 3 aromatic carbocycles. The fourth-order valence-corrected chi connectivity index (χ4v) is 6.32. The van der Waals surface area contributed by atoms with Crippen LogP contribution in [0.3, 0.4) is 0 Å². The predicted octanol–water partition coefficient (Wildman–Crippen LogP) is 7.24. The second kappa shape index (κ2) is 10.5. The van der Waals surface area contributed by atoms with E-state index in [2.05, 4.69) is 51.3 Å². The number of hydrogen-bond acceptors (Lipinski definition) is 5. The van der Waals surface area contributed by atoms with Crippen LogP contribution in [0.1, 0.15) is 16.7 Å². The van der Waals surface area contributed by atoms with Gasteiger partial charge in [0.2, 0.25) is 0 Å². The molecule has 3 aromatic rings. The van der Waals surface area contributed by atoms with Gasteiger partial charge in [-0.05, 0) is 105 Å². The molecule has 4 rings (SSSR count). The van der Waals surface area contributed by atoms with Gasteiger partial charge in [0.15, 0.2) is 0 Å². The van der Waals surface area contributed by atoms with Gasteiger partial charge in [-0.1, -0.05) is 35.9 Å². The number of nitrogens with zero attached hydrogens (tertiary/aromatic N) is 2. The predicted molar refractivity (Wildman–Crippen MR) is 147 cm³/mol. The van der Waals surface area contributed by atoms with Crippen molar-refractivity contribution in [3.8, 4) is 11.8 Å². The minimum absolute atomic E-state index is 0.271. The van der Waals surface area contributed by atoms with Gasteiger partial charge in [-0.25, -0.2) is 4.90 Å². The van der Waals surface area contributed by atoms with Gasteiger partial charge in [-0.2, -0.15) is 5.26 Å². The fraction of sp³-hybridized carbons (Fsp3) is 0.0417. The molecule has 0 radical (unpaired) electrons. The molecule has 2 amide bonds. The van der Waals surface area contributed by atoms with Gasteiger partial charge in [-0.15, -0.1) is 0 Å². The minimum Gasteiger partial charge on any atom is -0.487 e. The van der Waals surface area contributed by atoms with E-state index in [1.54, 1.807) is 36.4 Å². The normalized spacial score (nSPS) is 14.6. The standard InChI is InChI=1S/C24H13ClI2N2O3S/c25-17-6-3-7-18(11-17)29-23(30)21(33-24(29)31)10-14-8-19(26)22(20(27)9-14)32-13-16-5-2-1-4-15(16)12-28/h1-11H,13H2/b21-10+. The van der Waals surface area contributed by atoms with Crippen LogP contribution in [0.5, 0.6) is 5.75 Å². The monoisotopic (exact) mass is 698 g/mol. The lowest BCUT2D eigenvalue weighted by atomic mass is 10.1. The van der Waals surface area contributed by atoms with Crippen molar-refractivity contribution in [1.82, 2.24) is 0 Å². The molecular formula is C24H13ClI2N2O3S. The third-order valence-electron chi connectivity index (χ3n) is 4.69. The van der Waals surface area contributed by atoms with E-state index in [0.29, 0.717) is 26.9 Å². The largest absolute Gasteiger partial charge is 0.487 e. The Morgan fingerprint density at radius 1 is 1.06 bits per heavy atom.